The summed E-state index contributed by atoms with van der Waals surface area (Å²) < 4.78 is 15.9. The van der Waals surface area contributed by atoms with Gasteiger partial charge in [-0.2, -0.15) is 0 Å². The van der Waals surface area contributed by atoms with Crippen LogP contribution in [0, 0.1) is 5.82 Å². The molecule has 0 radical (unpaired) electrons. The molecule has 0 fully saturated rings. The van der Waals surface area contributed by atoms with Gasteiger partial charge in [0, 0.05) is 18.6 Å². The van der Waals surface area contributed by atoms with E-state index in [0.29, 0.717) is 12.1 Å². The van der Waals surface area contributed by atoms with Gasteiger partial charge in [-0.1, -0.05) is 30.1 Å². The number of aromatic nitrogens is 2. The van der Waals surface area contributed by atoms with Gasteiger partial charge < -0.3 is 14.8 Å². The molecule has 1 atom stereocenters. The van der Waals surface area contributed by atoms with E-state index < -0.39 is 17.8 Å². The number of rotatable bonds is 7. The maximum atomic E-state index is 14.3. The Morgan fingerprint density at radius 1 is 1.50 bits per heavy atom. The van der Waals surface area contributed by atoms with Crippen molar-refractivity contribution in [1.82, 2.24) is 14.9 Å². The number of aliphatic hydroxyl groups is 1. The van der Waals surface area contributed by atoms with Crippen molar-refractivity contribution < 1.29 is 19.1 Å². The van der Waals surface area contributed by atoms with Crippen LogP contribution in [0.5, 0.6) is 0 Å². The number of pyridine rings is 1. The van der Waals surface area contributed by atoms with E-state index in [-0.39, 0.29) is 28.6 Å². The first-order valence-corrected chi connectivity index (χ1v) is 9.07. The van der Waals surface area contributed by atoms with Gasteiger partial charge in [0.05, 0.1) is 23.0 Å². The Labute approximate surface area is 166 Å². The quantitative estimate of drug-likeness (QED) is 0.411. The summed E-state index contributed by atoms with van der Waals surface area (Å²) in [6.45, 7) is 1.74. The summed E-state index contributed by atoms with van der Waals surface area (Å²) in [7, 11) is 1.78. The van der Waals surface area contributed by atoms with E-state index >= 15 is 0 Å². The number of carbonyl (C=O) groups excluding carboxylic acids is 1. The van der Waals surface area contributed by atoms with E-state index in [9.17, 15) is 14.3 Å². The lowest BCUT2D eigenvalue weighted by Gasteiger charge is -2.16. The van der Waals surface area contributed by atoms with Crippen molar-refractivity contribution in [3.8, 4) is 0 Å². The van der Waals surface area contributed by atoms with E-state index in [1.54, 1.807) is 37.5 Å². The number of hydroxylamine groups is 1. The van der Waals surface area contributed by atoms with Gasteiger partial charge in [-0.25, -0.2) is 14.9 Å². The van der Waals surface area contributed by atoms with Crippen molar-refractivity contribution >= 4 is 47.8 Å². The lowest BCUT2D eigenvalue weighted by Crippen LogP contribution is -2.29. The smallest absolute Gasteiger partial charge is 0.278 e. The molecule has 3 rings (SSSR count). The van der Waals surface area contributed by atoms with Crippen LogP contribution in [0.3, 0.4) is 0 Å². The summed E-state index contributed by atoms with van der Waals surface area (Å²) in [5, 5.41) is 12.6. The zero-order valence-electron chi connectivity index (χ0n) is 15.4. The molecule has 146 valence electrons. The standard InChI is InChI=1S/C18H19BClFN4O3/c1-2-11(26)9-28-24-18(27)12-8-25-6-5-22-17(25)15(20)16(12)23-14-4-3-10(19)7-13(14)21/h3-8,11,23,26H,2,9,19H2,1H3,(H,24,27)/t11-/m1/s1. The van der Waals surface area contributed by atoms with Gasteiger partial charge in [-0.15, -0.1) is 0 Å². The van der Waals surface area contributed by atoms with Gasteiger partial charge >= 0.3 is 0 Å². The molecule has 0 aliphatic carbocycles. The fraction of sp³-hybridized carbons (Fsp3) is 0.222. The Kier molecular flexibility index (Phi) is 6.18. The minimum Gasteiger partial charge on any atom is -0.391 e. The number of amides is 1. The second-order valence-corrected chi connectivity index (χ2v) is 6.68. The normalized spacial score (nSPS) is 12.1. The number of aliphatic hydroxyl groups excluding tert-OH is 1. The molecule has 1 aromatic carbocycles. The first-order valence-electron chi connectivity index (χ1n) is 8.69. The van der Waals surface area contributed by atoms with Crippen LogP contribution in [0.25, 0.3) is 5.65 Å². The molecule has 0 unspecified atom stereocenters. The molecule has 28 heavy (non-hydrogen) atoms. The van der Waals surface area contributed by atoms with Gasteiger partial charge in [-0.3, -0.25) is 9.63 Å². The van der Waals surface area contributed by atoms with E-state index in [1.165, 1.54) is 18.5 Å². The molecular formula is C18H19BClFN4O3. The van der Waals surface area contributed by atoms with Crippen LogP contribution in [0.1, 0.15) is 23.7 Å². The molecule has 3 N–H and O–H groups in total. The predicted octanol–water partition coefficient (Wildman–Crippen LogP) is 1.56. The van der Waals surface area contributed by atoms with Gasteiger partial charge in [0.1, 0.15) is 25.3 Å². The van der Waals surface area contributed by atoms with Crippen LogP contribution in [-0.2, 0) is 4.84 Å². The van der Waals surface area contributed by atoms with Crippen molar-refractivity contribution in [3.63, 3.8) is 0 Å². The van der Waals surface area contributed by atoms with Gasteiger partial charge in [0.2, 0.25) is 0 Å². The molecule has 0 bridgehead atoms. The maximum absolute atomic E-state index is 14.3. The highest BCUT2D eigenvalue weighted by Gasteiger charge is 2.20. The second-order valence-electron chi connectivity index (χ2n) is 6.30. The van der Waals surface area contributed by atoms with Gasteiger partial charge in [0.15, 0.2) is 5.65 Å². The lowest BCUT2D eigenvalue weighted by molar-refractivity contribution is -0.0133. The molecule has 2 aromatic heterocycles. The maximum Gasteiger partial charge on any atom is 0.278 e. The molecule has 1 amide bonds. The van der Waals surface area contributed by atoms with Gasteiger partial charge in [0.25, 0.3) is 5.91 Å². The molecule has 2 heterocycles. The van der Waals surface area contributed by atoms with Crippen LogP contribution >= 0.6 is 11.6 Å². The van der Waals surface area contributed by atoms with Crippen molar-refractivity contribution in [1.29, 1.82) is 0 Å². The molecule has 3 aromatic rings. The van der Waals surface area contributed by atoms with Crippen molar-refractivity contribution in [2.75, 3.05) is 11.9 Å². The van der Waals surface area contributed by atoms with Gasteiger partial charge in [-0.05, 0) is 18.6 Å². The summed E-state index contributed by atoms with van der Waals surface area (Å²) in [6.07, 6.45) is 4.47. The lowest BCUT2D eigenvalue weighted by atomic mass is 9.96. The molecule has 10 heteroatoms. The Morgan fingerprint density at radius 2 is 2.29 bits per heavy atom. The number of anilines is 2. The van der Waals surface area contributed by atoms with E-state index in [1.807, 2.05) is 0 Å². The molecular weight excluding hydrogens is 385 g/mol. The number of carbonyl (C=O) groups is 1. The number of hydrogen-bond acceptors (Lipinski definition) is 5. The average molecular weight is 405 g/mol. The number of hydrogen-bond donors (Lipinski definition) is 3. The average Bonchev–Trinajstić information content (AvgIpc) is 3.14. The zero-order chi connectivity index (χ0) is 20.3. The summed E-state index contributed by atoms with van der Waals surface area (Å²) in [6, 6.07) is 4.67. The van der Waals surface area contributed by atoms with Crippen LogP contribution < -0.4 is 16.3 Å². The highest BCUT2D eigenvalue weighted by atomic mass is 35.5. The Bertz CT molecular complexity index is 1010. The molecule has 0 aliphatic rings. The first kappa shape index (κ1) is 20.1. The summed E-state index contributed by atoms with van der Waals surface area (Å²) in [5.41, 5.74) is 3.94. The topological polar surface area (TPSA) is 87.9 Å². The fourth-order valence-electron chi connectivity index (χ4n) is 2.55. The summed E-state index contributed by atoms with van der Waals surface area (Å²) in [5.74, 6) is -1.08. The summed E-state index contributed by atoms with van der Waals surface area (Å²) >= 11 is 6.44. The Balaban J connectivity index is 1.96. The number of nitrogens with one attached hydrogen (secondary N) is 2. The SMILES string of the molecule is Bc1ccc(Nc2c(C(=O)NOC[C@H](O)CC)cn3ccnc3c2Cl)c(F)c1. The Morgan fingerprint density at radius 3 is 3.00 bits per heavy atom. The van der Waals surface area contributed by atoms with Crippen molar-refractivity contribution in [2.24, 2.45) is 0 Å². The van der Waals surface area contributed by atoms with Crippen molar-refractivity contribution in [2.45, 2.75) is 19.4 Å². The van der Waals surface area contributed by atoms with E-state index in [4.69, 9.17) is 16.4 Å². The second kappa shape index (κ2) is 8.60. The molecule has 0 saturated carbocycles. The third-order valence-electron chi connectivity index (χ3n) is 4.16. The highest BCUT2D eigenvalue weighted by Crippen LogP contribution is 2.33. The minimum atomic E-state index is -0.695. The number of benzene rings is 1. The minimum absolute atomic E-state index is 0.0569. The fourth-order valence-corrected chi connectivity index (χ4v) is 2.84. The zero-order valence-corrected chi connectivity index (χ0v) is 16.1. The van der Waals surface area contributed by atoms with E-state index in [2.05, 4.69) is 15.8 Å². The number of fused-ring (bicyclic) bond motifs is 1. The molecule has 7 nitrogen and oxygen atoms in total. The van der Waals surface area contributed by atoms with Crippen LogP contribution in [0.2, 0.25) is 5.02 Å². The van der Waals surface area contributed by atoms with E-state index in [0.717, 1.165) is 5.46 Å². The Hall–Kier alpha value is -2.62. The molecule has 0 spiro atoms. The molecule has 0 aliphatic heterocycles. The summed E-state index contributed by atoms with van der Waals surface area (Å²) in [4.78, 5) is 21.9. The van der Waals surface area contributed by atoms with Crippen LogP contribution in [-0.4, -0.2) is 41.0 Å². The predicted molar refractivity (Wildman–Crippen MR) is 108 cm³/mol. The largest absolute Gasteiger partial charge is 0.391 e. The monoisotopic (exact) mass is 404 g/mol. The number of halogens is 2. The third kappa shape index (κ3) is 4.27. The van der Waals surface area contributed by atoms with Crippen LogP contribution in [0.4, 0.5) is 15.8 Å². The third-order valence-corrected chi connectivity index (χ3v) is 4.52. The molecule has 0 saturated heterocycles. The van der Waals surface area contributed by atoms with Crippen LogP contribution in [0.15, 0.2) is 36.8 Å². The number of nitrogens with zero attached hydrogens (tertiary/aromatic N) is 2. The number of imidazole rings is 1. The van der Waals surface area contributed by atoms with Crippen molar-refractivity contribution in [3.05, 3.63) is 53.2 Å². The first-order chi connectivity index (χ1) is 13.4. The highest BCUT2D eigenvalue weighted by molar-refractivity contribution is 6.37.